The Hall–Kier alpha value is -3.74. The third-order valence-electron chi connectivity index (χ3n) is 5.62. The predicted octanol–water partition coefficient (Wildman–Crippen LogP) is 2.85. The summed E-state index contributed by atoms with van der Waals surface area (Å²) in [5.74, 6) is -0.533. The molecule has 1 atom stereocenters. The normalized spacial score (nSPS) is 12.6. The summed E-state index contributed by atoms with van der Waals surface area (Å²) >= 11 is 0. The Kier molecular flexibility index (Phi) is 7.38. The number of nitrogens with one attached hydrogen (secondary N) is 1. The van der Waals surface area contributed by atoms with Gasteiger partial charge in [0.25, 0.3) is 11.8 Å². The summed E-state index contributed by atoms with van der Waals surface area (Å²) in [6.45, 7) is 1.85. The summed E-state index contributed by atoms with van der Waals surface area (Å²) in [5.41, 5.74) is 8.00. The number of nitrogens with zero attached hydrogens (tertiary/aromatic N) is 4. The van der Waals surface area contributed by atoms with Crippen molar-refractivity contribution in [1.29, 1.82) is 0 Å². The Morgan fingerprint density at radius 1 is 1.14 bits per heavy atom. The van der Waals surface area contributed by atoms with Gasteiger partial charge in [0.05, 0.1) is 27.6 Å². The van der Waals surface area contributed by atoms with Crippen LogP contribution in [0.2, 0.25) is 0 Å². The van der Waals surface area contributed by atoms with Gasteiger partial charge in [-0.15, -0.1) is 10.2 Å². The van der Waals surface area contributed by atoms with Crippen LogP contribution in [0, 0.1) is 5.82 Å². The van der Waals surface area contributed by atoms with E-state index < -0.39 is 20.9 Å². The molecule has 2 aromatic carbocycles. The van der Waals surface area contributed by atoms with Crippen LogP contribution < -0.4 is 11.1 Å². The maximum absolute atomic E-state index is 14.6. The van der Waals surface area contributed by atoms with Crippen molar-refractivity contribution in [3.8, 4) is 34.3 Å². The highest BCUT2D eigenvalue weighted by atomic mass is 32.2. The summed E-state index contributed by atoms with van der Waals surface area (Å²) in [4.78, 5) is 8.76. The molecule has 0 aliphatic heterocycles. The SMILES string of the molecule is CNCc1ccc(-c2nnc(-c3nc(-c4ccc(S(=O)(=O)C(C)CCO)cc4)cnc3N)o2)c(F)c1. The highest BCUT2D eigenvalue weighted by molar-refractivity contribution is 7.92. The number of anilines is 1. The highest BCUT2D eigenvalue weighted by Gasteiger charge is 2.23. The molecular weight excluding hydrogens is 487 g/mol. The standard InChI is InChI=1S/C24H25FN6O4S/c1-14(9-10-32)36(33,34)17-6-4-16(5-7-17)20-13-28-22(26)21(29-20)24-31-30-23(35-24)18-8-3-15(12-27-2)11-19(18)25/h3-8,11,13-14,27,32H,9-10,12H2,1-2H3,(H2,26,28). The molecule has 4 rings (SSSR count). The number of aliphatic hydroxyl groups excluding tert-OH is 1. The molecule has 1 unspecified atom stereocenters. The molecule has 188 valence electrons. The van der Waals surface area contributed by atoms with Gasteiger partial charge in [0.1, 0.15) is 5.82 Å². The summed E-state index contributed by atoms with van der Waals surface area (Å²) in [7, 11) is -1.81. The van der Waals surface area contributed by atoms with Crippen molar-refractivity contribution < 1.29 is 22.3 Å². The fraction of sp³-hybridized carbons (Fsp3) is 0.250. The number of nitrogens with two attached hydrogens (primary N) is 1. The fourth-order valence-corrected chi connectivity index (χ4v) is 4.95. The molecule has 0 aliphatic carbocycles. The first-order valence-corrected chi connectivity index (χ1v) is 12.6. The minimum atomic E-state index is -3.57. The quantitative estimate of drug-likeness (QED) is 0.304. The van der Waals surface area contributed by atoms with Gasteiger partial charge in [-0.1, -0.05) is 18.2 Å². The lowest BCUT2D eigenvalue weighted by Gasteiger charge is -2.12. The van der Waals surface area contributed by atoms with E-state index in [0.717, 1.165) is 5.56 Å². The third kappa shape index (κ3) is 5.10. The van der Waals surface area contributed by atoms with Crippen LogP contribution in [-0.4, -0.2) is 52.6 Å². The molecule has 12 heteroatoms. The number of hydrogen-bond donors (Lipinski definition) is 3. The molecule has 2 aromatic heterocycles. The zero-order valence-electron chi connectivity index (χ0n) is 19.6. The average Bonchev–Trinajstić information content (AvgIpc) is 3.34. The number of sulfone groups is 1. The molecule has 0 fully saturated rings. The Morgan fingerprint density at radius 3 is 2.53 bits per heavy atom. The van der Waals surface area contributed by atoms with Crippen LogP contribution in [-0.2, 0) is 16.4 Å². The number of hydrogen-bond acceptors (Lipinski definition) is 10. The first-order chi connectivity index (χ1) is 17.2. The van der Waals surface area contributed by atoms with Crippen LogP contribution >= 0.6 is 0 Å². The van der Waals surface area contributed by atoms with Gasteiger partial charge in [-0.05, 0) is 50.2 Å². The molecular formula is C24H25FN6O4S. The van der Waals surface area contributed by atoms with E-state index in [4.69, 9.17) is 15.3 Å². The Balaban J connectivity index is 1.63. The number of aliphatic hydroxyl groups is 1. The van der Waals surface area contributed by atoms with Crippen LogP contribution in [0.5, 0.6) is 0 Å². The summed E-state index contributed by atoms with van der Waals surface area (Å²) in [5, 5.41) is 19.2. The van der Waals surface area contributed by atoms with Crippen LogP contribution in [0.3, 0.4) is 0 Å². The van der Waals surface area contributed by atoms with E-state index in [1.165, 1.54) is 24.4 Å². The van der Waals surface area contributed by atoms with Gasteiger partial charge in [0, 0.05) is 18.7 Å². The number of nitrogen functional groups attached to an aromatic ring is 1. The van der Waals surface area contributed by atoms with E-state index >= 15 is 0 Å². The molecule has 0 aliphatic rings. The zero-order chi connectivity index (χ0) is 25.9. The second kappa shape index (κ2) is 10.5. The van der Waals surface area contributed by atoms with Gasteiger partial charge in [-0.2, -0.15) is 0 Å². The molecule has 4 aromatic rings. The van der Waals surface area contributed by atoms with E-state index in [-0.39, 0.29) is 46.8 Å². The van der Waals surface area contributed by atoms with E-state index in [1.54, 1.807) is 38.2 Å². The fourth-order valence-electron chi connectivity index (χ4n) is 3.55. The Bertz CT molecular complexity index is 1470. The second-order valence-electron chi connectivity index (χ2n) is 8.14. The highest BCUT2D eigenvalue weighted by Crippen LogP contribution is 2.30. The van der Waals surface area contributed by atoms with E-state index in [1.807, 2.05) is 0 Å². The number of halogens is 1. The molecule has 0 radical (unpaired) electrons. The van der Waals surface area contributed by atoms with Crippen molar-refractivity contribution in [3.05, 3.63) is 60.0 Å². The van der Waals surface area contributed by atoms with Crippen molar-refractivity contribution >= 4 is 15.7 Å². The summed E-state index contributed by atoms with van der Waals surface area (Å²) in [6, 6.07) is 10.8. The first-order valence-electron chi connectivity index (χ1n) is 11.1. The minimum absolute atomic E-state index is 0.0309. The van der Waals surface area contributed by atoms with Gasteiger partial charge >= 0.3 is 0 Å². The lowest BCUT2D eigenvalue weighted by atomic mass is 10.1. The molecule has 0 saturated heterocycles. The van der Waals surface area contributed by atoms with E-state index in [2.05, 4.69) is 25.5 Å². The van der Waals surface area contributed by atoms with E-state index in [9.17, 15) is 12.8 Å². The van der Waals surface area contributed by atoms with Crippen molar-refractivity contribution in [2.24, 2.45) is 0 Å². The topological polar surface area (TPSA) is 157 Å². The molecule has 10 nitrogen and oxygen atoms in total. The minimum Gasteiger partial charge on any atom is -0.414 e. The van der Waals surface area contributed by atoms with Gasteiger partial charge in [-0.3, -0.25) is 0 Å². The van der Waals surface area contributed by atoms with Gasteiger partial charge in [0.2, 0.25) is 0 Å². The van der Waals surface area contributed by atoms with Crippen LogP contribution in [0.1, 0.15) is 18.9 Å². The van der Waals surface area contributed by atoms with Gasteiger partial charge in [-0.25, -0.2) is 22.8 Å². The Morgan fingerprint density at radius 2 is 1.86 bits per heavy atom. The van der Waals surface area contributed by atoms with Crippen molar-refractivity contribution in [3.63, 3.8) is 0 Å². The summed E-state index contributed by atoms with van der Waals surface area (Å²) < 4.78 is 45.5. The van der Waals surface area contributed by atoms with Gasteiger partial charge in [0.15, 0.2) is 21.3 Å². The number of aromatic nitrogens is 4. The van der Waals surface area contributed by atoms with Crippen molar-refractivity contribution in [1.82, 2.24) is 25.5 Å². The summed E-state index contributed by atoms with van der Waals surface area (Å²) in [6.07, 6.45) is 1.58. The molecule has 0 spiro atoms. The molecule has 36 heavy (non-hydrogen) atoms. The van der Waals surface area contributed by atoms with Crippen molar-refractivity contribution in [2.75, 3.05) is 19.4 Å². The maximum atomic E-state index is 14.6. The molecule has 0 bridgehead atoms. The molecule has 0 amide bonds. The zero-order valence-corrected chi connectivity index (χ0v) is 20.5. The first kappa shape index (κ1) is 25.4. The van der Waals surface area contributed by atoms with E-state index in [0.29, 0.717) is 17.8 Å². The van der Waals surface area contributed by atoms with Crippen molar-refractivity contribution in [2.45, 2.75) is 30.0 Å². The number of rotatable bonds is 9. The lowest BCUT2D eigenvalue weighted by molar-refractivity contribution is 0.287. The maximum Gasteiger partial charge on any atom is 0.270 e. The molecule has 4 N–H and O–H groups in total. The average molecular weight is 513 g/mol. The largest absolute Gasteiger partial charge is 0.414 e. The number of benzene rings is 2. The molecule has 0 saturated carbocycles. The predicted molar refractivity (Wildman–Crippen MR) is 132 cm³/mol. The lowest BCUT2D eigenvalue weighted by Crippen LogP contribution is -2.19. The monoisotopic (exact) mass is 512 g/mol. The van der Waals surface area contributed by atoms with Crippen LogP contribution in [0.4, 0.5) is 10.2 Å². The Labute approximate surface area is 207 Å². The molecule has 2 heterocycles. The third-order valence-corrected chi connectivity index (χ3v) is 7.84. The van der Waals surface area contributed by atoms with Crippen LogP contribution in [0.25, 0.3) is 34.3 Å². The second-order valence-corrected chi connectivity index (χ2v) is 10.5. The van der Waals surface area contributed by atoms with Gasteiger partial charge < -0.3 is 20.6 Å². The van der Waals surface area contributed by atoms with Crippen LogP contribution in [0.15, 0.2) is 58.0 Å². The smallest absolute Gasteiger partial charge is 0.270 e.